The van der Waals surface area contributed by atoms with Crippen molar-refractivity contribution in [3.05, 3.63) is 11.9 Å². The second-order valence-electron chi connectivity index (χ2n) is 6.43. The topological polar surface area (TPSA) is 47.0 Å². The average Bonchev–Trinajstić information content (AvgIpc) is 2.91. The zero-order valence-corrected chi connectivity index (χ0v) is 13.7. The summed E-state index contributed by atoms with van der Waals surface area (Å²) >= 11 is 0. The van der Waals surface area contributed by atoms with Crippen LogP contribution >= 0.6 is 0 Å². The molecule has 0 amide bonds. The van der Waals surface area contributed by atoms with Crippen molar-refractivity contribution in [2.75, 3.05) is 11.9 Å². The Hall–Kier alpha value is -1.32. The van der Waals surface area contributed by atoms with E-state index in [-0.39, 0.29) is 0 Å². The molecular weight excluding hydrogens is 262 g/mol. The molecule has 2 rings (SSSR count). The Morgan fingerprint density at radius 2 is 2.05 bits per heavy atom. The van der Waals surface area contributed by atoms with Crippen LogP contribution in [0.5, 0.6) is 5.88 Å². The van der Waals surface area contributed by atoms with Crippen LogP contribution in [0.25, 0.3) is 0 Å². The fourth-order valence-corrected chi connectivity index (χ4v) is 2.68. The van der Waals surface area contributed by atoms with Gasteiger partial charge in [-0.2, -0.15) is 4.98 Å². The maximum atomic E-state index is 5.78. The van der Waals surface area contributed by atoms with Crippen molar-refractivity contribution in [1.82, 2.24) is 9.97 Å². The number of unbranched alkanes of at least 4 members (excludes halogenated alkanes) is 1. The molecule has 1 aromatic rings. The second-order valence-corrected chi connectivity index (χ2v) is 6.43. The number of hydrogen-bond acceptors (Lipinski definition) is 4. The van der Waals surface area contributed by atoms with Gasteiger partial charge in [0.15, 0.2) is 0 Å². The monoisotopic (exact) mass is 291 g/mol. The van der Waals surface area contributed by atoms with Crippen molar-refractivity contribution >= 4 is 5.82 Å². The van der Waals surface area contributed by atoms with E-state index >= 15 is 0 Å². The molecule has 0 atom stereocenters. The molecule has 0 unspecified atom stereocenters. The van der Waals surface area contributed by atoms with Crippen LogP contribution in [0.15, 0.2) is 6.07 Å². The zero-order valence-electron chi connectivity index (χ0n) is 13.7. The fourth-order valence-electron chi connectivity index (χ4n) is 2.68. The van der Waals surface area contributed by atoms with Crippen LogP contribution in [-0.2, 0) is 6.42 Å². The van der Waals surface area contributed by atoms with E-state index in [9.17, 15) is 0 Å². The summed E-state index contributed by atoms with van der Waals surface area (Å²) in [6.45, 7) is 7.29. The SMILES string of the molecule is CCCCOc1cc(NC2CCCC2)nc(CC(C)C)n1. The zero-order chi connectivity index (χ0) is 15.1. The molecule has 0 saturated heterocycles. The van der Waals surface area contributed by atoms with Crippen LogP contribution < -0.4 is 10.1 Å². The summed E-state index contributed by atoms with van der Waals surface area (Å²) in [5.41, 5.74) is 0. The molecule has 118 valence electrons. The lowest BCUT2D eigenvalue weighted by Gasteiger charge is -2.15. The van der Waals surface area contributed by atoms with Gasteiger partial charge in [0.1, 0.15) is 11.6 Å². The van der Waals surface area contributed by atoms with Gasteiger partial charge in [0.2, 0.25) is 5.88 Å². The van der Waals surface area contributed by atoms with Gasteiger partial charge in [0.05, 0.1) is 6.61 Å². The lowest BCUT2D eigenvalue weighted by molar-refractivity contribution is 0.296. The van der Waals surface area contributed by atoms with E-state index in [4.69, 9.17) is 4.74 Å². The van der Waals surface area contributed by atoms with Crippen molar-refractivity contribution in [3.63, 3.8) is 0 Å². The Morgan fingerprint density at radius 1 is 1.29 bits per heavy atom. The van der Waals surface area contributed by atoms with Gasteiger partial charge in [-0.25, -0.2) is 4.98 Å². The molecule has 21 heavy (non-hydrogen) atoms. The summed E-state index contributed by atoms with van der Waals surface area (Å²) < 4.78 is 5.78. The molecule has 1 N–H and O–H groups in total. The highest BCUT2D eigenvalue weighted by Gasteiger charge is 2.16. The largest absolute Gasteiger partial charge is 0.478 e. The summed E-state index contributed by atoms with van der Waals surface area (Å²) in [5.74, 6) is 3.09. The third kappa shape index (κ3) is 5.52. The number of hydrogen-bond donors (Lipinski definition) is 1. The van der Waals surface area contributed by atoms with E-state index in [1.807, 2.05) is 6.07 Å². The summed E-state index contributed by atoms with van der Waals surface area (Å²) in [6, 6.07) is 2.52. The van der Waals surface area contributed by atoms with Crippen molar-refractivity contribution in [3.8, 4) is 5.88 Å². The minimum atomic E-state index is 0.551. The normalized spacial score (nSPS) is 15.6. The van der Waals surface area contributed by atoms with Crippen molar-refractivity contribution in [2.45, 2.75) is 71.8 Å². The van der Waals surface area contributed by atoms with Gasteiger partial charge in [-0.05, 0) is 25.2 Å². The predicted molar refractivity (Wildman–Crippen MR) is 86.9 cm³/mol. The fraction of sp³-hybridized carbons (Fsp3) is 0.765. The third-order valence-corrected chi connectivity index (χ3v) is 3.79. The lowest BCUT2D eigenvalue weighted by Crippen LogP contribution is -2.17. The van der Waals surface area contributed by atoms with Crippen LogP contribution in [0.4, 0.5) is 5.82 Å². The van der Waals surface area contributed by atoms with Gasteiger partial charge in [0, 0.05) is 18.5 Å². The Labute approximate surface area is 128 Å². The smallest absolute Gasteiger partial charge is 0.218 e. The van der Waals surface area contributed by atoms with Crippen LogP contribution in [0.1, 0.15) is 65.1 Å². The number of aromatic nitrogens is 2. The highest BCUT2D eigenvalue weighted by atomic mass is 16.5. The minimum absolute atomic E-state index is 0.551. The molecule has 1 heterocycles. The van der Waals surface area contributed by atoms with E-state index < -0.39 is 0 Å². The number of ether oxygens (including phenoxy) is 1. The standard InChI is InChI=1S/C17H29N3O/c1-4-5-10-21-17-12-16(18-14-8-6-7-9-14)19-15(20-17)11-13(2)3/h12-14H,4-11H2,1-3H3,(H,18,19,20). The van der Waals surface area contributed by atoms with Crippen molar-refractivity contribution in [1.29, 1.82) is 0 Å². The summed E-state index contributed by atoms with van der Waals surface area (Å²) in [6.07, 6.45) is 8.23. The van der Waals surface area contributed by atoms with Crippen molar-refractivity contribution < 1.29 is 4.74 Å². The molecule has 1 fully saturated rings. The average molecular weight is 291 g/mol. The Morgan fingerprint density at radius 3 is 2.71 bits per heavy atom. The summed E-state index contributed by atoms with van der Waals surface area (Å²) in [5, 5.41) is 3.55. The third-order valence-electron chi connectivity index (χ3n) is 3.79. The number of nitrogens with one attached hydrogen (secondary N) is 1. The van der Waals surface area contributed by atoms with Gasteiger partial charge in [-0.15, -0.1) is 0 Å². The molecule has 1 saturated carbocycles. The molecule has 1 aliphatic carbocycles. The highest BCUT2D eigenvalue weighted by Crippen LogP contribution is 2.23. The molecular formula is C17H29N3O. The molecule has 0 aliphatic heterocycles. The Kier molecular flexibility index (Phi) is 6.27. The van der Waals surface area contributed by atoms with E-state index in [0.717, 1.165) is 43.4 Å². The van der Waals surface area contributed by atoms with Gasteiger partial charge < -0.3 is 10.1 Å². The first kappa shape index (κ1) is 16.1. The molecule has 0 aromatic carbocycles. The van der Waals surface area contributed by atoms with Gasteiger partial charge >= 0.3 is 0 Å². The maximum Gasteiger partial charge on any atom is 0.218 e. The minimum Gasteiger partial charge on any atom is -0.478 e. The number of nitrogens with zero attached hydrogens (tertiary/aromatic N) is 2. The van der Waals surface area contributed by atoms with Gasteiger partial charge in [-0.1, -0.05) is 40.0 Å². The second kappa shape index (κ2) is 8.20. The first-order valence-electron chi connectivity index (χ1n) is 8.44. The summed E-state index contributed by atoms with van der Waals surface area (Å²) in [4.78, 5) is 9.21. The first-order chi connectivity index (χ1) is 10.2. The molecule has 4 heteroatoms. The predicted octanol–water partition coefficient (Wildman–Crippen LogP) is 4.21. The molecule has 1 aliphatic rings. The van der Waals surface area contributed by atoms with Crippen LogP contribution in [0.3, 0.4) is 0 Å². The number of rotatable bonds is 8. The van der Waals surface area contributed by atoms with Gasteiger partial charge in [0.25, 0.3) is 0 Å². The molecule has 0 bridgehead atoms. The van der Waals surface area contributed by atoms with E-state index in [1.54, 1.807) is 0 Å². The van der Waals surface area contributed by atoms with Crippen LogP contribution in [0, 0.1) is 5.92 Å². The number of anilines is 1. The Balaban J connectivity index is 2.06. The quantitative estimate of drug-likeness (QED) is 0.729. The molecule has 0 radical (unpaired) electrons. The maximum absolute atomic E-state index is 5.78. The van der Waals surface area contributed by atoms with Crippen LogP contribution in [0.2, 0.25) is 0 Å². The molecule has 1 aromatic heterocycles. The van der Waals surface area contributed by atoms with Crippen LogP contribution in [-0.4, -0.2) is 22.6 Å². The van der Waals surface area contributed by atoms with E-state index in [1.165, 1.54) is 25.7 Å². The van der Waals surface area contributed by atoms with E-state index in [2.05, 4.69) is 36.1 Å². The lowest BCUT2D eigenvalue weighted by atomic mass is 10.1. The molecule has 4 nitrogen and oxygen atoms in total. The van der Waals surface area contributed by atoms with Gasteiger partial charge in [-0.3, -0.25) is 0 Å². The summed E-state index contributed by atoms with van der Waals surface area (Å²) in [7, 11) is 0. The van der Waals surface area contributed by atoms with Crippen molar-refractivity contribution in [2.24, 2.45) is 5.92 Å². The molecule has 0 spiro atoms. The highest BCUT2D eigenvalue weighted by molar-refractivity contribution is 5.39. The first-order valence-corrected chi connectivity index (χ1v) is 8.44. The van der Waals surface area contributed by atoms with E-state index in [0.29, 0.717) is 12.0 Å². The Bertz CT molecular complexity index is 428.